The number of hydrogen-bond acceptors (Lipinski definition) is 8. The number of ether oxygens (including phenoxy) is 1. The number of carboxylic acid groups (broad SMARTS) is 1. The summed E-state index contributed by atoms with van der Waals surface area (Å²) in [5.74, 6) is -4.33. The fraction of sp³-hybridized carbons (Fsp3) is 0.182. The second-order valence-electron chi connectivity index (χ2n) is 7.09. The van der Waals surface area contributed by atoms with Gasteiger partial charge in [0, 0.05) is 5.56 Å². The summed E-state index contributed by atoms with van der Waals surface area (Å²) in [7, 11) is 1.49. The van der Waals surface area contributed by atoms with Crippen molar-refractivity contribution in [2.45, 2.75) is 13.0 Å². The van der Waals surface area contributed by atoms with Gasteiger partial charge in [0.05, 0.1) is 18.7 Å². The summed E-state index contributed by atoms with van der Waals surface area (Å²) in [5, 5.41) is 18.0. The number of methoxy groups -OCH3 is 1. The van der Waals surface area contributed by atoms with Crippen molar-refractivity contribution < 1.29 is 29.0 Å². The summed E-state index contributed by atoms with van der Waals surface area (Å²) in [4.78, 5) is 52.1. The van der Waals surface area contributed by atoms with E-state index in [0.717, 1.165) is 16.2 Å². The van der Waals surface area contributed by atoms with E-state index in [0.29, 0.717) is 16.3 Å². The molecule has 2 atom stereocenters. The van der Waals surface area contributed by atoms with E-state index < -0.39 is 35.4 Å². The number of hydrogen-bond donors (Lipinski definition) is 1. The lowest BCUT2D eigenvalue weighted by molar-refractivity contribution is -0.135. The van der Waals surface area contributed by atoms with E-state index in [1.165, 1.54) is 37.4 Å². The van der Waals surface area contributed by atoms with Crippen molar-refractivity contribution in [2.24, 2.45) is 5.92 Å². The van der Waals surface area contributed by atoms with Gasteiger partial charge in [0.2, 0.25) is 10.9 Å². The predicted octanol–water partition coefficient (Wildman–Crippen LogP) is 2.71. The van der Waals surface area contributed by atoms with Crippen molar-refractivity contribution in [1.29, 1.82) is 0 Å². The molecule has 1 aromatic heterocycles. The minimum atomic E-state index is -1.37. The number of amides is 1. The van der Waals surface area contributed by atoms with Crippen LogP contribution in [0.15, 0.2) is 48.5 Å². The Kier molecular flexibility index (Phi) is 5.54. The first-order valence-corrected chi connectivity index (χ1v) is 10.3. The number of carbonyl (C=O) groups excluding carboxylic acids is 3. The minimum absolute atomic E-state index is 0.0293. The number of aromatic carboxylic acids is 1. The van der Waals surface area contributed by atoms with Crippen LogP contribution < -0.4 is 9.64 Å². The molecule has 0 spiro atoms. The second kappa shape index (κ2) is 8.31. The lowest BCUT2D eigenvalue weighted by Gasteiger charge is -2.25. The van der Waals surface area contributed by atoms with Crippen LogP contribution in [-0.2, 0) is 9.59 Å². The number of benzene rings is 2. The van der Waals surface area contributed by atoms with Gasteiger partial charge in [0.25, 0.3) is 5.91 Å². The van der Waals surface area contributed by atoms with Crippen LogP contribution in [0.25, 0.3) is 0 Å². The third-order valence-corrected chi connectivity index (χ3v) is 6.00. The third-order valence-electron chi connectivity index (χ3n) is 5.16. The molecule has 1 aliphatic rings. The molecule has 0 radical (unpaired) electrons. The van der Waals surface area contributed by atoms with Gasteiger partial charge in [0.15, 0.2) is 5.78 Å². The van der Waals surface area contributed by atoms with Crippen LogP contribution in [0.3, 0.4) is 0 Å². The Hall–Kier alpha value is -3.92. The van der Waals surface area contributed by atoms with Crippen LogP contribution in [0.2, 0.25) is 0 Å². The van der Waals surface area contributed by atoms with E-state index in [1.807, 2.05) is 0 Å². The van der Waals surface area contributed by atoms with Gasteiger partial charge in [0.1, 0.15) is 16.7 Å². The molecule has 9 nitrogen and oxygen atoms in total. The van der Waals surface area contributed by atoms with Crippen molar-refractivity contribution in [3.05, 3.63) is 70.2 Å². The molecule has 2 aromatic carbocycles. The summed E-state index contributed by atoms with van der Waals surface area (Å²) in [5.41, 5.74) is 0.536. The highest BCUT2D eigenvalue weighted by atomic mass is 32.1. The van der Waals surface area contributed by atoms with E-state index in [-0.39, 0.29) is 16.3 Å². The highest BCUT2D eigenvalue weighted by Gasteiger charge is 2.53. The van der Waals surface area contributed by atoms with Gasteiger partial charge in [-0.1, -0.05) is 23.5 Å². The monoisotopic (exact) mass is 451 g/mol. The molecule has 1 saturated heterocycles. The molecule has 4 rings (SSSR count). The lowest BCUT2D eigenvalue weighted by Crippen LogP contribution is -2.30. The Balaban J connectivity index is 1.85. The Morgan fingerprint density at radius 1 is 1.06 bits per heavy atom. The molecule has 1 N–H and O–H groups in total. The number of nitrogens with zero attached hydrogens (tertiary/aromatic N) is 3. The van der Waals surface area contributed by atoms with Gasteiger partial charge < -0.3 is 9.84 Å². The molecule has 1 aliphatic heterocycles. The van der Waals surface area contributed by atoms with E-state index in [1.54, 1.807) is 25.1 Å². The Morgan fingerprint density at radius 3 is 2.38 bits per heavy atom. The van der Waals surface area contributed by atoms with Crippen molar-refractivity contribution in [1.82, 2.24) is 10.2 Å². The molecular weight excluding hydrogens is 434 g/mol. The van der Waals surface area contributed by atoms with Crippen molar-refractivity contribution in [3.8, 4) is 5.75 Å². The topological polar surface area (TPSA) is 127 Å². The minimum Gasteiger partial charge on any atom is -0.497 e. The summed E-state index contributed by atoms with van der Waals surface area (Å²) in [6, 6.07) is 11.0. The van der Waals surface area contributed by atoms with E-state index in [9.17, 15) is 24.3 Å². The van der Waals surface area contributed by atoms with Gasteiger partial charge in [-0.25, -0.2) is 4.79 Å². The van der Waals surface area contributed by atoms with Crippen LogP contribution in [0, 0.1) is 12.8 Å². The summed E-state index contributed by atoms with van der Waals surface area (Å²) in [6.07, 6.45) is 0. The Labute approximate surface area is 186 Å². The molecule has 162 valence electrons. The Bertz CT molecular complexity index is 1240. The second-order valence-corrected chi connectivity index (χ2v) is 8.25. The van der Waals surface area contributed by atoms with E-state index in [4.69, 9.17) is 4.74 Å². The molecule has 2 unspecified atom stereocenters. The molecular formula is C22H17N3O6S. The van der Waals surface area contributed by atoms with E-state index >= 15 is 0 Å². The fourth-order valence-electron chi connectivity index (χ4n) is 3.65. The van der Waals surface area contributed by atoms with Crippen LogP contribution in [0.5, 0.6) is 5.75 Å². The first-order chi connectivity index (χ1) is 15.3. The highest BCUT2D eigenvalue weighted by molar-refractivity contribution is 7.15. The van der Waals surface area contributed by atoms with Gasteiger partial charge in [-0.05, 0) is 48.9 Å². The first-order valence-electron chi connectivity index (χ1n) is 9.51. The van der Waals surface area contributed by atoms with Gasteiger partial charge in [-0.2, -0.15) is 0 Å². The van der Waals surface area contributed by atoms with Crippen molar-refractivity contribution in [3.63, 3.8) is 0 Å². The number of Topliss-reactive ketones (excluding diaryl/α,β-unsaturated/α-hetero) is 2. The molecule has 10 heteroatoms. The number of rotatable bonds is 6. The number of anilines is 1. The quantitative estimate of drug-likeness (QED) is 0.344. The van der Waals surface area contributed by atoms with Crippen LogP contribution in [0.1, 0.15) is 37.3 Å². The number of carboxylic acids is 1. The zero-order valence-electron chi connectivity index (χ0n) is 17.0. The zero-order valence-corrected chi connectivity index (χ0v) is 17.8. The first kappa shape index (κ1) is 21.3. The van der Waals surface area contributed by atoms with Crippen molar-refractivity contribution >= 4 is 39.9 Å². The third kappa shape index (κ3) is 3.65. The molecule has 0 saturated carbocycles. The molecule has 2 heterocycles. The van der Waals surface area contributed by atoms with Gasteiger partial charge >= 0.3 is 5.97 Å². The normalized spacial score (nSPS) is 18.1. The largest absolute Gasteiger partial charge is 0.497 e. The van der Waals surface area contributed by atoms with Crippen LogP contribution >= 0.6 is 11.3 Å². The van der Waals surface area contributed by atoms with Crippen LogP contribution in [-0.4, -0.2) is 45.9 Å². The number of ketones is 2. The number of aromatic nitrogens is 2. The van der Waals surface area contributed by atoms with Crippen LogP contribution in [0.4, 0.5) is 5.13 Å². The van der Waals surface area contributed by atoms with Gasteiger partial charge in [-0.15, -0.1) is 10.2 Å². The molecule has 0 bridgehead atoms. The smallest absolute Gasteiger partial charge is 0.335 e. The van der Waals surface area contributed by atoms with Crippen molar-refractivity contribution in [2.75, 3.05) is 12.0 Å². The summed E-state index contributed by atoms with van der Waals surface area (Å²) < 4.78 is 5.11. The summed E-state index contributed by atoms with van der Waals surface area (Å²) >= 11 is 1.10. The maximum atomic E-state index is 13.4. The zero-order chi connectivity index (χ0) is 23.0. The Morgan fingerprint density at radius 2 is 1.78 bits per heavy atom. The molecule has 1 amide bonds. The number of carbonyl (C=O) groups is 4. The molecule has 1 fully saturated rings. The maximum Gasteiger partial charge on any atom is 0.335 e. The predicted molar refractivity (Wildman–Crippen MR) is 114 cm³/mol. The standard InChI is InChI=1S/C22H17N3O6S/c1-11-23-24-22(32-11)25-17(13-4-3-5-14(10-13)21(29)30)16(19(27)20(25)28)18(26)12-6-8-15(31-2)9-7-12/h3-10,16-17H,1-2H3,(H,29,30). The average Bonchev–Trinajstić information content (AvgIpc) is 3.34. The summed E-state index contributed by atoms with van der Waals surface area (Å²) in [6.45, 7) is 1.70. The van der Waals surface area contributed by atoms with Gasteiger partial charge in [-0.3, -0.25) is 19.3 Å². The lowest BCUT2D eigenvalue weighted by atomic mass is 9.86. The SMILES string of the molecule is COc1ccc(C(=O)C2C(=O)C(=O)N(c3nnc(C)s3)C2c2cccc(C(=O)O)c2)cc1. The highest BCUT2D eigenvalue weighted by Crippen LogP contribution is 2.42. The van der Waals surface area contributed by atoms with E-state index in [2.05, 4.69) is 10.2 Å². The maximum absolute atomic E-state index is 13.4. The fourth-order valence-corrected chi connectivity index (χ4v) is 4.38. The molecule has 3 aromatic rings. The average molecular weight is 451 g/mol. The molecule has 32 heavy (non-hydrogen) atoms. The molecule has 0 aliphatic carbocycles. The number of aryl methyl sites for hydroxylation is 1.